The SMILES string of the molecule is CCCCCCCCCCCCCCCCCn1ccnc1C(CCCCCCC)C(C)(Cc1ccccc1)c1ccccc1. The van der Waals surface area contributed by atoms with E-state index in [1.165, 1.54) is 152 Å². The Morgan fingerprint density at radius 2 is 1.04 bits per heavy atom. The molecule has 0 spiro atoms. The van der Waals surface area contributed by atoms with Crippen LogP contribution in [0.2, 0.25) is 0 Å². The van der Waals surface area contributed by atoms with Gasteiger partial charge in [-0.2, -0.15) is 0 Å². The van der Waals surface area contributed by atoms with Gasteiger partial charge in [0.05, 0.1) is 0 Å². The lowest BCUT2D eigenvalue weighted by Gasteiger charge is -2.39. The lowest BCUT2D eigenvalue weighted by molar-refractivity contribution is 0.321. The van der Waals surface area contributed by atoms with Crippen molar-refractivity contribution in [3.8, 4) is 0 Å². The van der Waals surface area contributed by atoms with Gasteiger partial charge in [0.15, 0.2) is 0 Å². The third-order valence-corrected chi connectivity index (χ3v) is 10.3. The predicted molar refractivity (Wildman–Crippen MR) is 197 cm³/mol. The van der Waals surface area contributed by atoms with E-state index in [9.17, 15) is 0 Å². The molecule has 3 rings (SSSR count). The Morgan fingerprint density at radius 1 is 0.578 bits per heavy atom. The van der Waals surface area contributed by atoms with Crippen molar-refractivity contribution in [2.75, 3.05) is 0 Å². The summed E-state index contributed by atoms with van der Waals surface area (Å²) in [5, 5.41) is 0. The zero-order valence-corrected chi connectivity index (χ0v) is 29.7. The van der Waals surface area contributed by atoms with E-state index < -0.39 is 0 Å². The molecule has 0 N–H and O–H groups in total. The number of nitrogens with zero attached hydrogens (tertiary/aromatic N) is 2. The quantitative estimate of drug-likeness (QED) is 0.0783. The molecule has 0 radical (unpaired) electrons. The summed E-state index contributed by atoms with van der Waals surface area (Å²) in [7, 11) is 0. The first-order valence-electron chi connectivity index (χ1n) is 19.3. The van der Waals surface area contributed by atoms with Gasteiger partial charge >= 0.3 is 0 Å². The van der Waals surface area contributed by atoms with Crippen LogP contribution < -0.4 is 0 Å². The molecule has 1 aromatic heterocycles. The summed E-state index contributed by atoms with van der Waals surface area (Å²) >= 11 is 0. The molecule has 3 aromatic rings. The normalized spacial score (nSPS) is 13.6. The fourth-order valence-electron chi connectivity index (χ4n) is 7.42. The number of aryl methyl sites for hydroxylation is 1. The van der Waals surface area contributed by atoms with Crippen molar-refractivity contribution in [2.45, 2.75) is 180 Å². The number of hydrogen-bond donors (Lipinski definition) is 0. The molecule has 2 atom stereocenters. The van der Waals surface area contributed by atoms with Gasteiger partial charge in [0.25, 0.3) is 0 Å². The zero-order chi connectivity index (χ0) is 31.8. The second-order valence-corrected chi connectivity index (χ2v) is 14.1. The summed E-state index contributed by atoms with van der Waals surface area (Å²) in [6, 6.07) is 22.4. The molecule has 0 aliphatic carbocycles. The minimum atomic E-state index is -0.0223. The van der Waals surface area contributed by atoms with Crippen molar-refractivity contribution in [3.63, 3.8) is 0 Å². The first-order valence-corrected chi connectivity index (χ1v) is 19.3. The van der Waals surface area contributed by atoms with E-state index in [0.717, 1.165) is 13.0 Å². The lowest BCUT2D eigenvalue weighted by atomic mass is 9.66. The van der Waals surface area contributed by atoms with Crippen molar-refractivity contribution in [1.82, 2.24) is 9.55 Å². The van der Waals surface area contributed by atoms with Crippen LogP contribution in [0.4, 0.5) is 0 Å². The van der Waals surface area contributed by atoms with Crippen LogP contribution in [0.1, 0.15) is 178 Å². The van der Waals surface area contributed by atoms with Gasteiger partial charge < -0.3 is 4.57 Å². The maximum absolute atomic E-state index is 5.12. The molecule has 2 nitrogen and oxygen atoms in total. The van der Waals surface area contributed by atoms with E-state index in [-0.39, 0.29) is 5.41 Å². The molecular formula is C43H68N2. The third-order valence-electron chi connectivity index (χ3n) is 10.3. The Balaban J connectivity index is 1.54. The molecule has 1 heterocycles. The van der Waals surface area contributed by atoms with Gasteiger partial charge in [0.1, 0.15) is 5.82 Å². The highest BCUT2D eigenvalue weighted by Gasteiger charge is 2.39. The molecule has 0 aliphatic heterocycles. The van der Waals surface area contributed by atoms with E-state index >= 15 is 0 Å². The van der Waals surface area contributed by atoms with Crippen molar-refractivity contribution in [1.29, 1.82) is 0 Å². The molecule has 2 aromatic carbocycles. The number of rotatable bonds is 27. The molecule has 250 valence electrons. The van der Waals surface area contributed by atoms with E-state index in [4.69, 9.17) is 4.98 Å². The van der Waals surface area contributed by atoms with E-state index in [1.807, 2.05) is 0 Å². The molecule has 0 amide bonds. The van der Waals surface area contributed by atoms with Crippen LogP contribution in [0.3, 0.4) is 0 Å². The van der Waals surface area contributed by atoms with Crippen LogP contribution >= 0.6 is 0 Å². The van der Waals surface area contributed by atoms with Gasteiger partial charge in [0, 0.05) is 30.3 Å². The van der Waals surface area contributed by atoms with Crippen molar-refractivity contribution in [3.05, 3.63) is 90.0 Å². The number of unbranched alkanes of at least 4 members (excludes halogenated alkanes) is 18. The Bertz CT molecular complexity index is 1090. The fourth-order valence-corrected chi connectivity index (χ4v) is 7.42. The highest BCUT2D eigenvalue weighted by atomic mass is 15.1. The summed E-state index contributed by atoms with van der Waals surface area (Å²) in [5.41, 5.74) is 2.83. The number of aromatic nitrogens is 2. The molecule has 45 heavy (non-hydrogen) atoms. The van der Waals surface area contributed by atoms with Crippen molar-refractivity contribution < 1.29 is 0 Å². The Kier molecular flexibility index (Phi) is 19.0. The smallest absolute Gasteiger partial charge is 0.112 e. The standard InChI is InChI=1S/C43H68N2/c1-4-6-8-10-11-12-13-14-15-16-17-18-19-21-29-36-45-37-35-44-42(45)41(34-28-20-9-7-5-2)43(3,40-32-26-23-27-33-40)38-39-30-24-22-25-31-39/h22-27,30-33,35,37,41H,4-21,28-29,34,36,38H2,1-3H3. The molecule has 0 bridgehead atoms. The fraction of sp³-hybridized carbons (Fsp3) is 0.651. The van der Waals surface area contributed by atoms with Crippen LogP contribution in [-0.2, 0) is 18.4 Å². The number of benzene rings is 2. The Morgan fingerprint density at radius 3 is 1.58 bits per heavy atom. The molecular weight excluding hydrogens is 544 g/mol. The van der Waals surface area contributed by atoms with Crippen LogP contribution in [0, 0.1) is 0 Å². The topological polar surface area (TPSA) is 17.8 Å². The summed E-state index contributed by atoms with van der Waals surface area (Å²) in [6.07, 6.45) is 34.3. The number of hydrogen-bond acceptors (Lipinski definition) is 1. The van der Waals surface area contributed by atoms with E-state index in [1.54, 1.807) is 0 Å². The average molecular weight is 613 g/mol. The minimum Gasteiger partial charge on any atom is -0.335 e. The van der Waals surface area contributed by atoms with Gasteiger partial charge in [-0.25, -0.2) is 4.98 Å². The third kappa shape index (κ3) is 13.9. The largest absolute Gasteiger partial charge is 0.335 e. The van der Waals surface area contributed by atoms with Gasteiger partial charge in [-0.3, -0.25) is 0 Å². The average Bonchev–Trinajstić information content (AvgIpc) is 3.53. The van der Waals surface area contributed by atoms with Gasteiger partial charge in [-0.05, 0) is 30.4 Å². The lowest BCUT2D eigenvalue weighted by Crippen LogP contribution is -2.35. The highest BCUT2D eigenvalue weighted by molar-refractivity contribution is 5.33. The minimum absolute atomic E-state index is 0.0223. The second kappa shape index (κ2) is 23.0. The van der Waals surface area contributed by atoms with Crippen LogP contribution in [-0.4, -0.2) is 9.55 Å². The van der Waals surface area contributed by atoms with Crippen LogP contribution in [0.25, 0.3) is 0 Å². The summed E-state index contributed by atoms with van der Waals surface area (Å²) < 4.78 is 2.52. The monoisotopic (exact) mass is 613 g/mol. The molecule has 0 aliphatic rings. The second-order valence-electron chi connectivity index (χ2n) is 14.1. The summed E-state index contributed by atoms with van der Waals surface area (Å²) in [5.74, 6) is 1.69. The maximum Gasteiger partial charge on any atom is 0.112 e. The highest BCUT2D eigenvalue weighted by Crippen LogP contribution is 2.44. The number of imidazole rings is 1. The van der Waals surface area contributed by atoms with E-state index in [2.05, 4.69) is 98.4 Å². The molecule has 0 saturated heterocycles. The van der Waals surface area contributed by atoms with Gasteiger partial charge in [-0.15, -0.1) is 0 Å². The maximum atomic E-state index is 5.12. The first-order chi connectivity index (χ1) is 22.2. The summed E-state index contributed by atoms with van der Waals surface area (Å²) in [6.45, 7) is 8.22. The van der Waals surface area contributed by atoms with Crippen LogP contribution in [0.15, 0.2) is 73.1 Å². The first kappa shape index (κ1) is 37.1. The van der Waals surface area contributed by atoms with E-state index in [0.29, 0.717) is 5.92 Å². The molecule has 0 fully saturated rings. The van der Waals surface area contributed by atoms with Gasteiger partial charge in [-0.1, -0.05) is 203 Å². The Hall–Kier alpha value is -2.35. The summed E-state index contributed by atoms with van der Waals surface area (Å²) in [4.78, 5) is 5.12. The molecule has 0 saturated carbocycles. The Labute approximate surface area is 278 Å². The molecule has 2 heteroatoms. The predicted octanol–water partition coefficient (Wildman–Crippen LogP) is 13.4. The zero-order valence-electron chi connectivity index (χ0n) is 29.7. The van der Waals surface area contributed by atoms with Crippen molar-refractivity contribution in [2.24, 2.45) is 0 Å². The van der Waals surface area contributed by atoms with Gasteiger partial charge in [0.2, 0.25) is 0 Å². The van der Waals surface area contributed by atoms with Crippen molar-refractivity contribution >= 4 is 0 Å². The van der Waals surface area contributed by atoms with Crippen LogP contribution in [0.5, 0.6) is 0 Å². The molecule has 2 unspecified atom stereocenters.